The monoisotopic (exact) mass is 199 g/mol. The molecule has 0 aliphatic rings. The highest BCUT2D eigenvalue weighted by atomic mass is 35.5. The minimum absolute atomic E-state index is 0.120. The van der Waals surface area contributed by atoms with Gasteiger partial charge in [-0.15, -0.1) is 11.6 Å². The van der Waals surface area contributed by atoms with Crippen LogP contribution in [0.5, 0.6) is 0 Å². The second-order valence-corrected chi connectivity index (χ2v) is 2.97. The first kappa shape index (κ1) is 9.99. The normalized spacial score (nSPS) is 10.0. The Morgan fingerprint density at radius 2 is 2.23 bits per heavy atom. The van der Waals surface area contributed by atoms with Crippen molar-refractivity contribution < 1.29 is 4.92 Å². The number of rotatable bonds is 3. The maximum atomic E-state index is 10.6. The summed E-state index contributed by atoms with van der Waals surface area (Å²) in [5.74, 6) is 0.181. The van der Waals surface area contributed by atoms with Gasteiger partial charge in [0.2, 0.25) is 0 Å². The Labute approximate surface area is 81.5 Å². The molecular formula is C9H10ClNO2. The lowest BCUT2D eigenvalue weighted by molar-refractivity contribution is -0.385. The second kappa shape index (κ2) is 4.23. The van der Waals surface area contributed by atoms with E-state index in [1.54, 1.807) is 12.1 Å². The molecule has 3 nitrogen and oxygen atoms in total. The zero-order valence-corrected chi connectivity index (χ0v) is 8.04. The van der Waals surface area contributed by atoms with Crippen molar-refractivity contribution in [2.24, 2.45) is 0 Å². The molecule has 0 spiro atoms. The fourth-order valence-corrected chi connectivity index (χ4v) is 1.34. The minimum atomic E-state index is -0.392. The minimum Gasteiger partial charge on any atom is -0.258 e. The molecule has 1 aromatic rings. The smallest absolute Gasteiger partial charge is 0.258 e. The van der Waals surface area contributed by atoms with Crippen LogP contribution < -0.4 is 0 Å². The lowest BCUT2D eigenvalue weighted by Crippen LogP contribution is -1.94. The zero-order chi connectivity index (χ0) is 9.84. The van der Waals surface area contributed by atoms with E-state index in [9.17, 15) is 10.1 Å². The standard InChI is InChI=1S/C9H10ClNO2/c1-2-7-3-4-8(6-10)9(5-7)11(12)13/h3-5H,2,6H2,1H3. The molecule has 13 heavy (non-hydrogen) atoms. The molecular weight excluding hydrogens is 190 g/mol. The molecule has 0 saturated heterocycles. The van der Waals surface area contributed by atoms with Crippen LogP contribution in [-0.2, 0) is 12.3 Å². The average Bonchev–Trinajstić information content (AvgIpc) is 2.16. The summed E-state index contributed by atoms with van der Waals surface area (Å²) in [5.41, 5.74) is 1.65. The summed E-state index contributed by atoms with van der Waals surface area (Å²) < 4.78 is 0. The Hall–Kier alpha value is -1.09. The molecule has 1 rings (SSSR count). The van der Waals surface area contributed by atoms with Crippen LogP contribution in [0.3, 0.4) is 0 Å². The molecule has 0 fully saturated rings. The lowest BCUT2D eigenvalue weighted by atomic mass is 10.1. The van der Waals surface area contributed by atoms with E-state index in [0.717, 1.165) is 12.0 Å². The summed E-state index contributed by atoms with van der Waals surface area (Å²) >= 11 is 5.57. The van der Waals surface area contributed by atoms with Gasteiger partial charge in [0.1, 0.15) is 0 Å². The van der Waals surface area contributed by atoms with Gasteiger partial charge in [-0.2, -0.15) is 0 Å². The van der Waals surface area contributed by atoms with E-state index in [2.05, 4.69) is 0 Å². The number of alkyl halides is 1. The van der Waals surface area contributed by atoms with Crippen molar-refractivity contribution in [1.29, 1.82) is 0 Å². The van der Waals surface area contributed by atoms with Crippen LogP contribution in [0.25, 0.3) is 0 Å². The Morgan fingerprint density at radius 1 is 1.54 bits per heavy atom. The molecule has 0 aliphatic heterocycles. The topological polar surface area (TPSA) is 43.1 Å². The third-order valence-electron chi connectivity index (χ3n) is 1.90. The van der Waals surface area contributed by atoms with Crippen LogP contribution in [-0.4, -0.2) is 4.92 Å². The maximum Gasteiger partial charge on any atom is 0.274 e. The molecule has 0 heterocycles. The van der Waals surface area contributed by atoms with Gasteiger partial charge in [0.05, 0.1) is 10.8 Å². The Balaban J connectivity index is 3.18. The van der Waals surface area contributed by atoms with Crippen molar-refractivity contribution >= 4 is 17.3 Å². The predicted octanol–water partition coefficient (Wildman–Crippen LogP) is 2.90. The van der Waals surface area contributed by atoms with Crippen molar-refractivity contribution in [2.75, 3.05) is 0 Å². The first-order valence-electron chi connectivity index (χ1n) is 4.01. The van der Waals surface area contributed by atoms with E-state index in [1.807, 2.05) is 13.0 Å². The molecule has 0 aromatic heterocycles. The van der Waals surface area contributed by atoms with Gasteiger partial charge in [-0.1, -0.05) is 19.1 Å². The van der Waals surface area contributed by atoms with Gasteiger partial charge in [0.25, 0.3) is 5.69 Å². The summed E-state index contributed by atoms with van der Waals surface area (Å²) in [5, 5.41) is 10.6. The number of nitrogens with zero attached hydrogens (tertiary/aromatic N) is 1. The van der Waals surface area contributed by atoms with E-state index in [0.29, 0.717) is 5.56 Å². The van der Waals surface area contributed by atoms with Gasteiger partial charge in [-0.05, 0) is 12.0 Å². The van der Waals surface area contributed by atoms with Gasteiger partial charge >= 0.3 is 0 Å². The third-order valence-corrected chi connectivity index (χ3v) is 2.19. The Morgan fingerprint density at radius 3 is 2.69 bits per heavy atom. The lowest BCUT2D eigenvalue weighted by Gasteiger charge is -2.00. The summed E-state index contributed by atoms with van der Waals surface area (Å²) in [6.45, 7) is 1.96. The van der Waals surface area contributed by atoms with Crippen molar-refractivity contribution in [3.05, 3.63) is 39.4 Å². The van der Waals surface area contributed by atoms with Crippen LogP contribution in [0.4, 0.5) is 5.69 Å². The number of aryl methyl sites for hydroxylation is 1. The molecule has 0 radical (unpaired) electrons. The van der Waals surface area contributed by atoms with E-state index >= 15 is 0 Å². The maximum absolute atomic E-state index is 10.6. The first-order valence-corrected chi connectivity index (χ1v) is 4.54. The van der Waals surface area contributed by atoms with Crippen LogP contribution in [0.2, 0.25) is 0 Å². The number of benzene rings is 1. The molecule has 70 valence electrons. The molecule has 4 heteroatoms. The highest BCUT2D eigenvalue weighted by Crippen LogP contribution is 2.22. The van der Waals surface area contributed by atoms with E-state index in [1.165, 1.54) is 0 Å². The summed E-state index contributed by atoms with van der Waals surface area (Å²) in [7, 11) is 0. The van der Waals surface area contributed by atoms with Gasteiger partial charge in [0, 0.05) is 11.6 Å². The predicted molar refractivity (Wildman–Crippen MR) is 52.0 cm³/mol. The van der Waals surface area contributed by atoms with Crippen molar-refractivity contribution in [3.63, 3.8) is 0 Å². The van der Waals surface area contributed by atoms with Crippen molar-refractivity contribution in [2.45, 2.75) is 19.2 Å². The number of hydrogen-bond acceptors (Lipinski definition) is 2. The largest absolute Gasteiger partial charge is 0.274 e. The molecule has 0 unspecified atom stereocenters. The van der Waals surface area contributed by atoms with Crippen LogP contribution in [0.15, 0.2) is 18.2 Å². The van der Waals surface area contributed by atoms with E-state index < -0.39 is 4.92 Å². The Kier molecular flexibility index (Phi) is 3.25. The number of halogens is 1. The molecule has 0 amide bonds. The number of nitro groups is 1. The van der Waals surface area contributed by atoms with Crippen LogP contribution >= 0.6 is 11.6 Å². The van der Waals surface area contributed by atoms with Gasteiger partial charge in [0.15, 0.2) is 0 Å². The third kappa shape index (κ3) is 2.18. The molecule has 0 atom stereocenters. The highest BCUT2D eigenvalue weighted by molar-refractivity contribution is 6.17. The van der Waals surface area contributed by atoms with E-state index in [-0.39, 0.29) is 11.6 Å². The quantitative estimate of drug-likeness (QED) is 0.427. The molecule has 0 bridgehead atoms. The molecule has 0 aliphatic carbocycles. The fraction of sp³-hybridized carbons (Fsp3) is 0.333. The average molecular weight is 200 g/mol. The van der Waals surface area contributed by atoms with Crippen molar-refractivity contribution in [3.8, 4) is 0 Å². The van der Waals surface area contributed by atoms with Crippen LogP contribution in [0, 0.1) is 10.1 Å². The van der Waals surface area contributed by atoms with Gasteiger partial charge < -0.3 is 0 Å². The summed E-state index contributed by atoms with van der Waals surface area (Å²) in [4.78, 5) is 10.2. The zero-order valence-electron chi connectivity index (χ0n) is 7.29. The SMILES string of the molecule is CCc1ccc(CCl)c([N+](=O)[O-])c1. The number of nitro benzene ring substituents is 1. The van der Waals surface area contributed by atoms with Gasteiger partial charge in [-0.3, -0.25) is 10.1 Å². The first-order chi connectivity index (χ1) is 6.19. The van der Waals surface area contributed by atoms with Crippen molar-refractivity contribution in [1.82, 2.24) is 0 Å². The highest BCUT2D eigenvalue weighted by Gasteiger charge is 2.12. The molecule has 0 saturated carbocycles. The van der Waals surface area contributed by atoms with Gasteiger partial charge in [-0.25, -0.2) is 0 Å². The second-order valence-electron chi connectivity index (χ2n) is 2.71. The number of hydrogen-bond donors (Lipinski definition) is 0. The molecule has 1 aromatic carbocycles. The Bertz CT molecular complexity index is 325. The van der Waals surface area contributed by atoms with Crippen LogP contribution in [0.1, 0.15) is 18.1 Å². The summed E-state index contributed by atoms with van der Waals surface area (Å²) in [6, 6.07) is 5.16. The molecule has 0 N–H and O–H groups in total. The fourth-order valence-electron chi connectivity index (χ4n) is 1.11. The van der Waals surface area contributed by atoms with E-state index in [4.69, 9.17) is 11.6 Å². The summed E-state index contributed by atoms with van der Waals surface area (Å²) in [6.07, 6.45) is 0.795.